The number of aliphatic imine (C=N–C) groups is 1. The first-order chi connectivity index (χ1) is 11.2. The normalized spacial score (nSPS) is 11.2. The third-order valence-corrected chi connectivity index (χ3v) is 3.31. The maximum absolute atomic E-state index is 11.4. The third kappa shape index (κ3) is 5.09. The first-order valence-corrected chi connectivity index (χ1v) is 7.13. The average Bonchev–Trinajstić information content (AvgIpc) is 2.61. The predicted octanol–water partition coefficient (Wildman–Crippen LogP) is 3.21. The molecule has 0 unspecified atom stereocenters. The smallest absolute Gasteiger partial charge is 0.308 e. The van der Waals surface area contributed by atoms with E-state index >= 15 is 0 Å². The van der Waals surface area contributed by atoms with Gasteiger partial charge in [-0.3, -0.25) is 4.79 Å². The monoisotopic (exact) mass is 311 g/mol. The van der Waals surface area contributed by atoms with Gasteiger partial charge in [-0.1, -0.05) is 42.5 Å². The van der Waals surface area contributed by atoms with Gasteiger partial charge in [0.2, 0.25) is 6.08 Å². The number of benzene rings is 2. The van der Waals surface area contributed by atoms with E-state index in [1.54, 1.807) is 24.3 Å². The molecule has 118 valence electrons. The SMILES string of the molecule is COC(=O)C[C@H](N=C=O)c1ccc(OCc2ccccc2)cc1. The Hall–Kier alpha value is -2.91. The number of ether oxygens (including phenoxy) is 2. The van der Waals surface area contributed by atoms with E-state index in [4.69, 9.17) is 4.74 Å². The molecule has 2 aromatic rings. The minimum atomic E-state index is -0.594. The number of esters is 1. The molecule has 0 bridgehead atoms. The Bertz CT molecular complexity index is 676. The maximum atomic E-state index is 11.4. The van der Waals surface area contributed by atoms with Crippen molar-refractivity contribution in [1.82, 2.24) is 0 Å². The van der Waals surface area contributed by atoms with Crippen LogP contribution >= 0.6 is 0 Å². The standard InChI is InChI=1S/C18H17NO4/c1-22-18(21)11-17(19-13-20)15-7-9-16(10-8-15)23-12-14-5-3-2-4-6-14/h2-10,17H,11-12H2,1H3/t17-/m0/s1. The molecule has 0 aromatic heterocycles. The van der Waals surface area contributed by atoms with Crippen LogP contribution in [0.4, 0.5) is 0 Å². The Kier molecular flexibility index (Phi) is 6.09. The molecule has 0 heterocycles. The second-order valence-corrected chi connectivity index (χ2v) is 4.86. The zero-order valence-electron chi connectivity index (χ0n) is 12.8. The molecule has 5 heteroatoms. The highest BCUT2D eigenvalue weighted by atomic mass is 16.5. The highest BCUT2D eigenvalue weighted by Crippen LogP contribution is 2.24. The van der Waals surface area contributed by atoms with Gasteiger partial charge in [0.05, 0.1) is 19.6 Å². The number of hydrogen-bond donors (Lipinski definition) is 0. The van der Waals surface area contributed by atoms with E-state index < -0.39 is 12.0 Å². The highest BCUT2D eigenvalue weighted by Gasteiger charge is 2.15. The van der Waals surface area contributed by atoms with Gasteiger partial charge >= 0.3 is 5.97 Å². The van der Waals surface area contributed by atoms with E-state index in [9.17, 15) is 9.59 Å². The first-order valence-electron chi connectivity index (χ1n) is 7.13. The molecule has 0 N–H and O–H groups in total. The van der Waals surface area contributed by atoms with Crippen LogP contribution in [-0.2, 0) is 20.9 Å². The van der Waals surface area contributed by atoms with Crippen LogP contribution in [0.5, 0.6) is 5.75 Å². The zero-order chi connectivity index (χ0) is 16.5. The summed E-state index contributed by atoms with van der Waals surface area (Å²) in [4.78, 5) is 25.5. The molecule has 1 atom stereocenters. The van der Waals surface area contributed by atoms with Crippen LogP contribution in [0.25, 0.3) is 0 Å². The van der Waals surface area contributed by atoms with E-state index in [2.05, 4.69) is 9.73 Å². The van der Waals surface area contributed by atoms with Crippen molar-refractivity contribution in [3.63, 3.8) is 0 Å². The van der Waals surface area contributed by atoms with Gasteiger partial charge in [-0.15, -0.1) is 0 Å². The van der Waals surface area contributed by atoms with E-state index in [1.807, 2.05) is 30.3 Å². The zero-order valence-corrected chi connectivity index (χ0v) is 12.8. The minimum absolute atomic E-state index is 0.00401. The quantitative estimate of drug-likeness (QED) is 0.447. The first kappa shape index (κ1) is 16.5. The van der Waals surface area contributed by atoms with Crippen molar-refractivity contribution >= 4 is 12.0 Å². The summed E-state index contributed by atoms with van der Waals surface area (Å²) in [5, 5.41) is 0. The van der Waals surface area contributed by atoms with E-state index in [0.717, 1.165) is 11.1 Å². The fourth-order valence-electron chi connectivity index (χ4n) is 2.07. The summed E-state index contributed by atoms with van der Waals surface area (Å²) in [7, 11) is 1.30. The second kappa shape index (κ2) is 8.51. The largest absolute Gasteiger partial charge is 0.489 e. The molecule has 0 spiro atoms. The van der Waals surface area contributed by atoms with Crippen LogP contribution in [-0.4, -0.2) is 19.2 Å². The number of nitrogens with zero attached hydrogens (tertiary/aromatic N) is 1. The lowest BCUT2D eigenvalue weighted by Crippen LogP contribution is -2.07. The lowest BCUT2D eigenvalue weighted by Gasteiger charge is -2.11. The van der Waals surface area contributed by atoms with Crippen LogP contribution in [0.3, 0.4) is 0 Å². The van der Waals surface area contributed by atoms with Gasteiger partial charge in [0.15, 0.2) is 0 Å². The van der Waals surface area contributed by atoms with Gasteiger partial charge in [-0.05, 0) is 23.3 Å². The molecule has 2 rings (SSSR count). The van der Waals surface area contributed by atoms with Crippen LogP contribution in [0, 0.1) is 0 Å². The molecule has 0 saturated carbocycles. The molecular weight excluding hydrogens is 294 g/mol. The van der Waals surface area contributed by atoms with E-state index in [0.29, 0.717) is 12.4 Å². The van der Waals surface area contributed by atoms with E-state index in [-0.39, 0.29) is 6.42 Å². The van der Waals surface area contributed by atoms with E-state index in [1.165, 1.54) is 13.2 Å². The Balaban J connectivity index is 2.02. The molecular formula is C18H17NO4. The van der Waals surface area contributed by atoms with Crippen molar-refractivity contribution in [1.29, 1.82) is 0 Å². The van der Waals surface area contributed by atoms with Gasteiger partial charge in [0.25, 0.3) is 0 Å². The number of hydrogen-bond acceptors (Lipinski definition) is 5. The molecule has 0 fully saturated rings. The summed E-state index contributed by atoms with van der Waals surface area (Å²) in [5.74, 6) is 0.267. The Labute approximate surface area is 134 Å². The summed E-state index contributed by atoms with van der Waals surface area (Å²) < 4.78 is 10.3. The predicted molar refractivity (Wildman–Crippen MR) is 84.7 cm³/mol. The van der Waals surface area contributed by atoms with Crippen molar-refractivity contribution in [2.45, 2.75) is 19.1 Å². The van der Waals surface area contributed by atoms with Crippen molar-refractivity contribution in [2.75, 3.05) is 7.11 Å². The molecule has 0 aliphatic heterocycles. The van der Waals surface area contributed by atoms with Gasteiger partial charge < -0.3 is 9.47 Å². The van der Waals surface area contributed by atoms with Crippen molar-refractivity contribution < 1.29 is 19.1 Å². The van der Waals surface area contributed by atoms with Gasteiger partial charge in [-0.25, -0.2) is 4.79 Å². The number of methoxy groups -OCH3 is 1. The summed E-state index contributed by atoms with van der Waals surface area (Å²) in [6, 6.07) is 16.3. The summed E-state index contributed by atoms with van der Waals surface area (Å²) in [5.41, 5.74) is 1.80. The molecule has 2 aromatic carbocycles. The second-order valence-electron chi connectivity index (χ2n) is 4.86. The van der Waals surface area contributed by atoms with Crippen molar-refractivity contribution in [3.8, 4) is 5.75 Å². The van der Waals surface area contributed by atoms with Gasteiger partial charge in [0.1, 0.15) is 12.4 Å². The molecule has 5 nitrogen and oxygen atoms in total. The topological polar surface area (TPSA) is 65.0 Å². The van der Waals surface area contributed by atoms with Gasteiger partial charge in [-0.2, -0.15) is 4.99 Å². The molecule has 0 amide bonds. The minimum Gasteiger partial charge on any atom is -0.489 e. The number of carbonyl (C=O) groups is 1. The van der Waals surface area contributed by atoms with Gasteiger partial charge in [0, 0.05) is 0 Å². The Morgan fingerprint density at radius 1 is 1.13 bits per heavy atom. The van der Waals surface area contributed by atoms with Crippen molar-refractivity contribution in [2.24, 2.45) is 4.99 Å². The van der Waals surface area contributed by atoms with Crippen LogP contribution < -0.4 is 4.74 Å². The number of carbonyl (C=O) groups excluding carboxylic acids is 2. The fourth-order valence-corrected chi connectivity index (χ4v) is 2.07. The number of rotatable bonds is 7. The summed E-state index contributed by atoms with van der Waals surface area (Å²) >= 11 is 0. The number of isocyanates is 1. The highest BCUT2D eigenvalue weighted by molar-refractivity contribution is 5.70. The van der Waals surface area contributed by atoms with Crippen LogP contribution in [0.2, 0.25) is 0 Å². The third-order valence-electron chi connectivity index (χ3n) is 3.31. The molecule has 0 radical (unpaired) electrons. The lowest BCUT2D eigenvalue weighted by atomic mass is 10.0. The maximum Gasteiger partial charge on any atom is 0.308 e. The molecule has 0 saturated heterocycles. The lowest BCUT2D eigenvalue weighted by molar-refractivity contribution is -0.141. The molecule has 0 aliphatic carbocycles. The summed E-state index contributed by atoms with van der Waals surface area (Å²) in [6.45, 7) is 0.471. The summed E-state index contributed by atoms with van der Waals surface area (Å²) in [6.07, 6.45) is 1.49. The van der Waals surface area contributed by atoms with Crippen molar-refractivity contribution in [3.05, 3.63) is 65.7 Å². The fraction of sp³-hybridized carbons (Fsp3) is 0.222. The molecule has 23 heavy (non-hydrogen) atoms. The molecule has 0 aliphatic rings. The Morgan fingerprint density at radius 2 is 1.83 bits per heavy atom. The van der Waals surface area contributed by atoms with Crippen LogP contribution in [0.15, 0.2) is 59.6 Å². The average molecular weight is 311 g/mol. The Morgan fingerprint density at radius 3 is 2.43 bits per heavy atom. The van der Waals surface area contributed by atoms with Crippen LogP contribution in [0.1, 0.15) is 23.6 Å².